The van der Waals surface area contributed by atoms with Crippen LogP contribution in [0.1, 0.15) is 27.0 Å². The summed E-state index contributed by atoms with van der Waals surface area (Å²) in [6.45, 7) is 5.71. The van der Waals surface area contributed by atoms with E-state index in [2.05, 4.69) is 10.9 Å². The molecular weight excluding hydrogens is 292 g/mol. The largest absolute Gasteiger partial charge is 0.483 e. The van der Waals surface area contributed by atoms with Crippen molar-refractivity contribution in [1.82, 2.24) is 10.9 Å². The van der Waals surface area contributed by atoms with E-state index in [1.165, 1.54) is 0 Å². The maximum absolute atomic E-state index is 11.8. The molecule has 0 radical (unpaired) electrons. The maximum atomic E-state index is 11.8. The van der Waals surface area contributed by atoms with Crippen molar-refractivity contribution >= 4 is 11.8 Å². The van der Waals surface area contributed by atoms with Crippen molar-refractivity contribution < 1.29 is 14.3 Å². The van der Waals surface area contributed by atoms with Crippen molar-refractivity contribution in [3.8, 4) is 5.75 Å². The van der Waals surface area contributed by atoms with E-state index in [0.717, 1.165) is 16.7 Å². The monoisotopic (exact) mass is 312 g/mol. The number of hydrogen-bond donors (Lipinski definition) is 2. The number of benzene rings is 2. The summed E-state index contributed by atoms with van der Waals surface area (Å²) >= 11 is 0. The van der Waals surface area contributed by atoms with Gasteiger partial charge in [-0.3, -0.25) is 20.4 Å². The third-order valence-corrected chi connectivity index (χ3v) is 3.30. The summed E-state index contributed by atoms with van der Waals surface area (Å²) in [5, 5.41) is 0. The zero-order chi connectivity index (χ0) is 16.8. The van der Waals surface area contributed by atoms with Gasteiger partial charge in [-0.15, -0.1) is 0 Å². The highest BCUT2D eigenvalue weighted by molar-refractivity contribution is 5.95. The average Bonchev–Trinajstić information content (AvgIpc) is 2.52. The van der Waals surface area contributed by atoms with Gasteiger partial charge < -0.3 is 4.74 Å². The molecule has 0 bridgehead atoms. The first-order valence-electron chi connectivity index (χ1n) is 7.32. The molecule has 0 fully saturated rings. The highest BCUT2D eigenvalue weighted by atomic mass is 16.5. The summed E-state index contributed by atoms with van der Waals surface area (Å²) in [7, 11) is 0. The van der Waals surface area contributed by atoms with Crippen LogP contribution in [0, 0.1) is 20.8 Å². The minimum atomic E-state index is -0.423. The fraction of sp³-hybridized carbons (Fsp3) is 0.222. The summed E-state index contributed by atoms with van der Waals surface area (Å²) < 4.78 is 5.56. The van der Waals surface area contributed by atoms with Gasteiger partial charge in [0.05, 0.1) is 0 Å². The number of aryl methyl sites for hydroxylation is 3. The van der Waals surface area contributed by atoms with E-state index in [1.807, 2.05) is 39.0 Å². The van der Waals surface area contributed by atoms with Crippen molar-refractivity contribution in [2.75, 3.05) is 6.61 Å². The van der Waals surface area contributed by atoms with Crippen molar-refractivity contribution in [2.45, 2.75) is 20.8 Å². The van der Waals surface area contributed by atoms with Crippen LogP contribution in [-0.2, 0) is 4.79 Å². The third kappa shape index (κ3) is 4.57. The molecule has 2 aromatic rings. The number of nitrogens with one attached hydrogen (secondary N) is 2. The molecule has 0 saturated carbocycles. The summed E-state index contributed by atoms with van der Waals surface area (Å²) in [5.74, 6) is -0.101. The number of carbonyl (C=O) groups excluding carboxylic acids is 2. The van der Waals surface area contributed by atoms with Gasteiger partial charge in [-0.25, -0.2) is 0 Å². The third-order valence-electron chi connectivity index (χ3n) is 3.30. The molecule has 2 aromatic carbocycles. The molecule has 2 amide bonds. The van der Waals surface area contributed by atoms with E-state index < -0.39 is 5.91 Å². The van der Waals surface area contributed by atoms with E-state index in [-0.39, 0.29) is 12.5 Å². The number of hydrogen-bond acceptors (Lipinski definition) is 3. The van der Waals surface area contributed by atoms with Crippen LogP contribution < -0.4 is 15.6 Å². The first-order valence-corrected chi connectivity index (χ1v) is 7.32. The minimum absolute atomic E-state index is 0.167. The lowest BCUT2D eigenvalue weighted by atomic mass is 10.1. The van der Waals surface area contributed by atoms with Crippen LogP contribution in [0.4, 0.5) is 0 Å². The normalized spacial score (nSPS) is 10.0. The first kappa shape index (κ1) is 16.5. The topological polar surface area (TPSA) is 67.4 Å². The highest BCUT2D eigenvalue weighted by Gasteiger charge is 2.10. The Balaban J connectivity index is 1.85. The fourth-order valence-corrected chi connectivity index (χ4v) is 2.36. The van der Waals surface area contributed by atoms with E-state index in [1.54, 1.807) is 24.3 Å². The number of ether oxygens (including phenoxy) is 1. The Morgan fingerprint density at radius 1 is 0.957 bits per heavy atom. The fourth-order valence-electron chi connectivity index (χ4n) is 2.36. The molecule has 0 heterocycles. The molecule has 2 N–H and O–H groups in total. The highest BCUT2D eigenvalue weighted by Crippen LogP contribution is 2.24. The van der Waals surface area contributed by atoms with Crippen molar-refractivity contribution in [1.29, 1.82) is 0 Å². The van der Waals surface area contributed by atoms with Crippen LogP contribution in [0.25, 0.3) is 0 Å². The van der Waals surface area contributed by atoms with Gasteiger partial charge in [-0.2, -0.15) is 0 Å². The van der Waals surface area contributed by atoms with E-state index >= 15 is 0 Å². The lowest BCUT2D eigenvalue weighted by Crippen LogP contribution is -2.43. The van der Waals surface area contributed by atoms with Gasteiger partial charge in [0.2, 0.25) is 0 Å². The molecule has 5 heteroatoms. The van der Waals surface area contributed by atoms with Gasteiger partial charge in [0.1, 0.15) is 5.75 Å². The Labute approximate surface area is 135 Å². The van der Waals surface area contributed by atoms with Crippen LogP contribution in [-0.4, -0.2) is 18.4 Å². The predicted octanol–water partition coefficient (Wildman–Crippen LogP) is 2.45. The van der Waals surface area contributed by atoms with Crippen molar-refractivity contribution in [3.05, 3.63) is 64.7 Å². The Hall–Kier alpha value is -2.82. The molecule has 0 aromatic heterocycles. The second kappa shape index (κ2) is 7.45. The van der Waals surface area contributed by atoms with Gasteiger partial charge in [0, 0.05) is 5.56 Å². The summed E-state index contributed by atoms with van der Waals surface area (Å²) in [4.78, 5) is 23.6. The summed E-state index contributed by atoms with van der Waals surface area (Å²) in [5.41, 5.74) is 8.26. The van der Waals surface area contributed by atoms with Gasteiger partial charge in [0.25, 0.3) is 11.8 Å². The summed E-state index contributed by atoms with van der Waals surface area (Å²) in [6.07, 6.45) is 0. The number of rotatable bonds is 4. The molecule has 120 valence electrons. The SMILES string of the molecule is Cc1cc(C)c(OCC(=O)NNC(=O)c2ccccc2)c(C)c1. The Kier molecular flexibility index (Phi) is 5.36. The van der Waals surface area contributed by atoms with E-state index in [0.29, 0.717) is 11.3 Å². The van der Waals surface area contributed by atoms with E-state index in [9.17, 15) is 9.59 Å². The van der Waals surface area contributed by atoms with Crippen molar-refractivity contribution in [3.63, 3.8) is 0 Å². The predicted molar refractivity (Wildman–Crippen MR) is 88.2 cm³/mol. The molecular formula is C18H20N2O3. The van der Waals surface area contributed by atoms with Crippen LogP contribution in [0.3, 0.4) is 0 Å². The van der Waals surface area contributed by atoms with Crippen LogP contribution in [0.2, 0.25) is 0 Å². The molecule has 0 atom stereocenters. The molecule has 0 aliphatic rings. The quantitative estimate of drug-likeness (QED) is 0.852. The van der Waals surface area contributed by atoms with Gasteiger partial charge >= 0.3 is 0 Å². The Morgan fingerprint density at radius 2 is 1.57 bits per heavy atom. The van der Waals surface area contributed by atoms with Gasteiger partial charge in [-0.1, -0.05) is 35.9 Å². The van der Waals surface area contributed by atoms with Crippen LogP contribution in [0.15, 0.2) is 42.5 Å². The Bertz CT molecular complexity index is 688. The smallest absolute Gasteiger partial charge is 0.276 e. The second-order valence-corrected chi connectivity index (χ2v) is 5.38. The van der Waals surface area contributed by atoms with Crippen molar-refractivity contribution in [2.24, 2.45) is 0 Å². The first-order chi connectivity index (χ1) is 11.0. The molecule has 5 nitrogen and oxygen atoms in total. The molecule has 0 unspecified atom stereocenters. The Morgan fingerprint density at radius 3 is 2.17 bits per heavy atom. The molecule has 2 rings (SSSR count). The molecule has 0 saturated heterocycles. The van der Waals surface area contributed by atoms with Crippen LogP contribution in [0.5, 0.6) is 5.75 Å². The van der Waals surface area contributed by atoms with E-state index in [4.69, 9.17) is 4.74 Å². The van der Waals surface area contributed by atoms with Crippen LogP contribution >= 0.6 is 0 Å². The summed E-state index contributed by atoms with van der Waals surface area (Å²) in [6, 6.07) is 12.6. The standard InChI is InChI=1S/C18H20N2O3/c1-12-9-13(2)17(14(3)10-12)23-11-16(21)19-20-18(22)15-7-5-4-6-8-15/h4-10H,11H2,1-3H3,(H,19,21)(H,20,22). The lowest BCUT2D eigenvalue weighted by molar-refractivity contribution is -0.123. The average molecular weight is 312 g/mol. The molecule has 23 heavy (non-hydrogen) atoms. The maximum Gasteiger partial charge on any atom is 0.276 e. The molecule has 0 spiro atoms. The molecule has 0 aliphatic carbocycles. The number of carbonyl (C=O) groups is 2. The molecule has 0 aliphatic heterocycles. The number of amides is 2. The zero-order valence-corrected chi connectivity index (χ0v) is 13.5. The number of hydrazine groups is 1. The second-order valence-electron chi connectivity index (χ2n) is 5.38. The van der Waals surface area contributed by atoms with Gasteiger partial charge in [0.15, 0.2) is 6.61 Å². The zero-order valence-electron chi connectivity index (χ0n) is 13.5. The van der Waals surface area contributed by atoms with Gasteiger partial charge in [-0.05, 0) is 44.0 Å². The minimum Gasteiger partial charge on any atom is -0.483 e. The lowest BCUT2D eigenvalue weighted by Gasteiger charge is -2.13.